The van der Waals surface area contributed by atoms with Gasteiger partial charge in [-0.15, -0.1) is 0 Å². The molecule has 41 heavy (non-hydrogen) atoms. The maximum atomic E-state index is 14.2. The number of carbonyl (C=O) groups is 2. The lowest BCUT2D eigenvalue weighted by atomic mass is 10.1. The van der Waals surface area contributed by atoms with E-state index in [-0.39, 0.29) is 29.5 Å². The minimum atomic E-state index is -4.21. The van der Waals surface area contributed by atoms with Crippen LogP contribution in [0.5, 0.6) is 0 Å². The third-order valence-corrected chi connectivity index (χ3v) is 8.99. The van der Waals surface area contributed by atoms with Gasteiger partial charge in [-0.2, -0.15) is 0 Å². The molecule has 0 aliphatic heterocycles. The third kappa shape index (κ3) is 8.38. The molecule has 7 nitrogen and oxygen atoms in total. The SMILES string of the molecule is CCC(C(=O)NC(C)(C)C)N(Cc1c(Cl)cccc1Cl)C(=O)CN(c1cccc(Cl)c1)S(=O)(=O)c1ccc(C)cc1. The van der Waals surface area contributed by atoms with Crippen LogP contribution in [0.4, 0.5) is 5.69 Å². The quantitative estimate of drug-likeness (QED) is 0.263. The van der Waals surface area contributed by atoms with Crippen molar-refractivity contribution in [3.8, 4) is 0 Å². The molecule has 1 N–H and O–H groups in total. The Labute approximate surface area is 257 Å². The van der Waals surface area contributed by atoms with Gasteiger partial charge in [0, 0.05) is 32.7 Å². The number of carbonyl (C=O) groups excluding carboxylic acids is 2. The predicted octanol–water partition coefficient (Wildman–Crippen LogP) is 6.87. The van der Waals surface area contributed by atoms with Gasteiger partial charge in [-0.25, -0.2) is 8.42 Å². The van der Waals surface area contributed by atoms with Crippen molar-refractivity contribution in [2.75, 3.05) is 10.8 Å². The predicted molar refractivity (Wildman–Crippen MR) is 166 cm³/mol. The fourth-order valence-corrected chi connectivity index (χ4v) is 6.33. The van der Waals surface area contributed by atoms with Gasteiger partial charge >= 0.3 is 0 Å². The van der Waals surface area contributed by atoms with Gasteiger partial charge in [0.2, 0.25) is 11.8 Å². The molecule has 1 atom stereocenters. The van der Waals surface area contributed by atoms with Crippen LogP contribution >= 0.6 is 34.8 Å². The lowest BCUT2D eigenvalue weighted by molar-refractivity contribution is -0.141. The largest absolute Gasteiger partial charge is 0.350 e. The first-order chi connectivity index (χ1) is 19.1. The van der Waals surface area contributed by atoms with Crippen molar-refractivity contribution >= 4 is 62.3 Å². The summed E-state index contributed by atoms with van der Waals surface area (Å²) in [6.07, 6.45) is 0.262. The van der Waals surface area contributed by atoms with E-state index < -0.39 is 34.1 Å². The van der Waals surface area contributed by atoms with E-state index in [0.29, 0.717) is 20.6 Å². The average molecular weight is 639 g/mol. The average Bonchev–Trinajstić information content (AvgIpc) is 2.87. The summed E-state index contributed by atoms with van der Waals surface area (Å²) in [4.78, 5) is 28.9. The Kier molecular flexibility index (Phi) is 10.7. The third-order valence-electron chi connectivity index (χ3n) is 6.26. The van der Waals surface area contributed by atoms with E-state index in [4.69, 9.17) is 34.8 Å². The molecule has 2 amide bonds. The lowest BCUT2D eigenvalue weighted by Crippen LogP contribution is -2.55. The molecule has 0 spiro atoms. The summed E-state index contributed by atoms with van der Waals surface area (Å²) in [5.74, 6) is -1.00. The summed E-state index contributed by atoms with van der Waals surface area (Å²) in [5.41, 5.74) is 0.965. The van der Waals surface area contributed by atoms with Crippen molar-refractivity contribution in [2.24, 2.45) is 0 Å². The van der Waals surface area contributed by atoms with Gasteiger partial charge in [0.15, 0.2) is 0 Å². The van der Waals surface area contributed by atoms with Crippen molar-refractivity contribution in [2.45, 2.75) is 64.1 Å². The monoisotopic (exact) mass is 637 g/mol. The van der Waals surface area contributed by atoms with Crippen molar-refractivity contribution in [1.82, 2.24) is 10.2 Å². The molecule has 0 heterocycles. The highest BCUT2D eigenvalue weighted by Gasteiger charge is 2.35. The van der Waals surface area contributed by atoms with E-state index in [9.17, 15) is 18.0 Å². The smallest absolute Gasteiger partial charge is 0.264 e. The maximum Gasteiger partial charge on any atom is 0.264 e. The fraction of sp³-hybridized carbons (Fsp3) is 0.333. The van der Waals surface area contributed by atoms with E-state index in [0.717, 1.165) is 9.87 Å². The van der Waals surface area contributed by atoms with E-state index >= 15 is 0 Å². The molecule has 0 radical (unpaired) electrons. The van der Waals surface area contributed by atoms with E-state index in [1.165, 1.54) is 23.1 Å². The second-order valence-electron chi connectivity index (χ2n) is 10.7. The number of anilines is 1. The Morgan fingerprint density at radius 2 is 1.51 bits per heavy atom. The number of aryl methyl sites for hydroxylation is 1. The van der Waals surface area contributed by atoms with Crippen molar-refractivity contribution < 1.29 is 18.0 Å². The summed E-state index contributed by atoms with van der Waals surface area (Å²) in [6.45, 7) is 8.43. The highest BCUT2D eigenvalue weighted by atomic mass is 35.5. The van der Waals surface area contributed by atoms with Crippen LogP contribution in [0.25, 0.3) is 0 Å². The summed E-state index contributed by atoms with van der Waals surface area (Å²) >= 11 is 19.1. The first kappa shape index (κ1) is 32.7. The Hall–Kier alpha value is -2.78. The molecule has 3 rings (SSSR count). The molecule has 0 aliphatic rings. The molecule has 0 saturated carbocycles. The number of hydrogen-bond donors (Lipinski definition) is 1. The molecular formula is C30H34Cl3N3O4S. The van der Waals surface area contributed by atoms with Gasteiger partial charge in [0.25, 0.3) is 10.0 Å². The molecule has 11 heteroatoms. The van der Waals surface area contributed by atoms with Crippen molar-refractivity contribution in [3.63, 3.8) is 0 Å². The van der Waals surface area contributed by atoms with Gasteiger partial charge in [-0.3, -0.25) is 13.9 Å². The van der Waals surface area contributed by atoms with Crippen LogP contribution in [0.1, 0.15) is 45.2 Å². The summed E-state index contributed by atoms with van der Waals surface area (Å²) < 4.78 is 28.9. The molecule has 3 aromatic rings. The van der Waals surface area contributed by atoms with Gasteiger partial charge in [0.05, 0.1) is 10.6 Å². The Morgan fingerprint density at radius 1 is 0.927 bits per heavy atom. The van der Waals surface area contributed by atoms with Crippen LogP contribution in [0.2, 0.25) is 15.1 Å². The molecule has 0 aromatic heterocycles. The molecule has 0 bridgehead atoms. The standard InChI is InChI=1S/C30H34Cl3N3O4S/c1-6-27(29(38)34-30(3,4)5)35(18-24-25(32)11-8-12-26(24)33)28(37)19-36(22-10-7-9-21(31)17-22)41(39,40)23-15-13-20(2)14-16-23/h7-17,27H,6,18-19H2,1-5H3,(H,34,38). The van der Waals surface area contributed by atoms with E-state index in [1.807, 2.05) is 27.7 Å². The number of nitrogens with one attached hydrogen (secondary N) is 1. The summed E-state index contributed by atoms with van der Waals surface area (Å²) in [7, 11) is -4.21. The van der Waals surface area contributed by atoms with Crippen LogP contribution < -0.4 is 9.62 Å². The van der Waals surface area contributed by atoms with Crippen LogP contribution in [0.3, 0.4) is 0 Å². The molecular weight excluding hydrogens is 605 g/mol. The maximum absolute atomic E-state index is 14.2. The van der Waals surface area contributed by atoms with Crippen LogP contribution in [-0.4, -0.2) is 43.3 Å². The minimum absolute atomic E-state index is 0.00842. The fourth-order valence-electron chi connectivity index (χ4n) is 4.22. The minimum Gasteiger partial charge on any atom is -0.350 e. The summed E-state index contributed by atoms with van der Waals surface area (Å²) in [5, 5.41) is 3.87. The Morgan fingerprint density at radius 3 is 2.05 bits per heavy atom. The number of nitrogens with zero attached hydrogens (tertiary/aromatic N) is 2. The molecule has 0 saturated heterocycles. The van der Waals surface area contributed by atoms with Gasteiger partial charge in [-0.1, -0.05) is 71.6 Å². The molecule has 3 aromatic carbocycles. The lowest BCUT2D eigenvalue weighted by Gasteiger charge is -2.35. The Balaban J connectivity index is 2.12. The van der Waals surface area contributed by atoms with Gasteiger partial charge < -0.3 is 10.2 Å². The van der Waals surface area contributed by atoms with Crippen molar-refractivity contribution in [3.05, 3.63) is 92.9 Å². The highest BCUT2D eigenvalue weighted by Crippen LogP contribution is 2.30. The number of halogens is 3. The number of hydrogen-bond acceptors (Lipinski definition) is 4. The van der Waals surface area contributed by atoms with Crippen LogP contribution in [-0.2, 0) is 26.2 Å². The zero-order chi connectivity index (χ0) is 30.5. The zero-order valence-corrected chi connectivity index (χ0v) is 26.7. The first-order valence-corrected chi connectivity index (χ1v) is 15.6. The van der Waals surface area contributed by atoms with Gasteiger partial charge in [0.1, 0.15) is 12.6 Å². The number of rotatable bonds is 10. The number of sulfonamides is 1. The number of benzene rings is 3. The molecule has 1 unspecified atom stereocenters. The van der Waals surface area contributed by atoms with E-state index in [2.05, 4.69) is 5.32 Å². The highest BCUT2D eigenvalue weighted by molar-refractivity contribution is 7.92. The second kappa shape index (κ2) is 13.5. The van der Waals surface area contributed by atoms with Crippen molar-refractivity contribution in [1.29, 1.82) is 0 Å². The second-order valence-corrected chi connectivity index (χ2v) is 13.8. The van der Waals surface area contributed by atoms with E-state index in [1.54, 1.807) is 55.5 Å². The summed E-state index contributed by atoms with van der Waals surface area (Å²) in [6, 6.07) is 16.6. The topological polar surface area (TPSA) is 86.8 Å². The Bertz CT molecular complexity index is 1490. The normalized spacial score (nSPS) is 12.5. The molecule has 220 valence electrons. The van der Waals surface area contributed by atoms with Gasteiger partial charge in [-0.05, 0) is 76.6 Å². The molecule has 0 aliphatic carbocycles. The number of amides is 2. The molecule has 0 fully saturated rings. The van der Waals surface area contributed by atoms with Crippen LogP contribution in [0, 0.1) is 6.92 Å². The zero-order valence-electron chi connectivity index (χ0n) is 23.6. The van der Waals surface area contributed by atoms with Crippen LogP contribution in [0.15, 0.2) is 71.6 Å². The first-order valence-electron chi connectivity index (χ1n) is 13.0.